The fraction of sp³-hybridized carbons (Fsp3) is 0.838. The van der Waals surface area contributed by atoms with Crippen molar-refractivity contribution in [2.45, 2.75) is 144 Å². The van der Waals surface area contributed by atoms with Crippen LogP contribution >= 0.6 is 30.1 Å². The van der Waals surface area contributed by atoms with E-state index in [0.29, 0.717) is 251 Å². The van der Waals surface area contributed by atoms with E-state index in [4.69, 9.17) is 129 Å². The van der Waals surface area contributed by atoms with Crippen LogP contribution in [0.15, 0.2) is 48.5 Å². The third kappa shape index (κ3) is 70.6. The van der Waals surface area contributed by atoms with Crippen molar-refractivity contribution >= 4 is 66.6 Å². The largest absolute Gasteiger partial charge is 1.00 e. The zero-order chi connectivity index (χ0) is 74.5. The minimum absolute atomic E-state index is 0. The third-order valence-electron chi connectivity index (χ3n) is 14.8. The van der Waals surface area contributed by atoms with E-state index in [1.54, 1.807) is 0 Å². The van der Waals surface area contributed by atoms with Crippen molar-refractivity contribution in [2.75, 3.05) is 251 Å². The molecule has 0 bridgehead atoms. The summed E-state index contributed by atoms with van der Waals surface area (Å²) in [5, 5.41) is 0. The molecule has 2 aromatic carbocycles. The topological polar surface area (TPSA) is 194 Å². The second-order valence-electron chi connectivity index (χ2n) is 29.1. The van der Waals surface area contributed by atoms with E-state index in [-0.39, 0.29) is 48.9 Å². The molecular weight excluding hydrogens is 1430 g/mol. The molecule has 2 rings (SSSR count). The van der Waals surface area contributed by atoms with Crippen molar-refractivity contribution < 1.29 is 118 Å². The molecule has 0 unspecified atom stereocenters. The molecule has 0 fully saturated rings. The SMILES string of the molecule is CC(C)(C)CC(C)(C)c1ccc(OCCOCCOCCOCCOCCOCCOCCOCCOCCOCCC[Si](C)(C)O[Si](C)(C)CCCOCCOCCOCCOCCOCCOCCOCCOCCOCCOc2ccc(C(C)(C)CC(C)(C)C)cc2)cc1.[BH4-].[Cl][Al]([Cl])[Cl].[Li+]. The summed E-state index contributed by atoms with van der Waals surface area (Å²) in [6, 6.07) is 19.0. The van der Waals surface area contributed by atoms with E-state index in [2.05, 4.69) is 120 Å². The Morgan fingerprint density at radius 3 is 0.592 bits per heavy atom. The first-order valence-corrected chi connectivity index (χ1v) is 48.2. The minimum atomic E-state index is -1.81. The van der Waals surface area contributed by atoms with Gasteiger partial charge in [0.1, 0.15) is 24.7 Å². The van der Waals surface area contributed by atoms with Gasteiger partial charge in [0.15, 0.2) is 16.6 Å². The number of halogens is 3. The minimum Gasteiger partial charge on any atom is -0.491 e. The van der Waals surface area contributed by atoms with Crippen molar-refractivity contribution in [3.8, 4) is 11.5 Å². The van der Waals surface area contributed by atoms with Gasteiger partial charge in [-0.25, -0.2) is 30.1 Å². The van der Waals surface area contributed by atoms with Crippen molar-refractivity contribution in [1.29, 1.82) is 0 Å². The van der Waals surface area contributed by atoms with Gasteiger partial charge in [-0.05, 0) is 121 Å². The predicted molar refractivity (Wildman–Crippen MR) is 422 cm³/mol. The second-order valence-corrected chi connectivity index (χ2v) is 44.4. The maximum absolute atomic E-state index is 6.82. The van der Waals surface area contributed by atoms with Crippen LogP contribution in [-0.4, -0.2) is 287 Å². The smallest absolute Gasteiger partial charge is 0.491 e. The van der Waals surface area contributed by atoms with Gasteiger partial charge in [-0.3, -0.25) is 0 Å². The molecule has 21 nitrogen and oxygen atoms in total. The van der Waals surface area contributed by atoms with Gasteiger partial charge in [-0.15, -0.1) is 0 Å². The van der Waals surface area contributed by atoms with E-state index in [1.807, 2.05) is 24.3 Å². The van der Waals surface area contributed by atoms with Crippen LogP contribution in [0.2, 0.25) is 38.3 Å². The van der Waals surface area contributed by atoms with Crippen LogP contribution in [0, 0.1) is 10.8 Å². The molecule has 0 saturated heterocycles. The van der Waals surface area contributed by atoms with Crippen LogP contribution in [-0.2, 0) is 100 Å². The molecule has 0 N–H and O–H groups in total. The molecule has 0 saturated carbocycles. The van der Waals surface area contributed by atoms with E-state index in [1.165, 1.54) is 11.1 Å². The van der Waals surface area contributed by atoms with Crippen molar-refractivity contribution in [1.82, 2.24) is 0 Å². The van der Waals surface area contributed by atoms with E-state index >= 15 is 0 Å². The van der Waals surface area contributed by atoms with Crippen LogP contribution in [0.25, 0.3) is 0 Å². The monoisotopic (exact) mass is 1570 g/mol. The predicted octanol–water partition coefficient (Wildman–Crippen LogP) is 9.32. The molecular formula is C74H142AlBCl3LiO21Si2. The Kier molecular flexibility index (Phi) is 68.7. The maximum atomic E-state index is 6.82. The zero-order valence-corrected chi connectivity index (χ0v) is 71.4. The molecule has 0 aliphatic rings. The quantitative estimate of drug-likeness (QED) is 0.0449. The van der Waals surface area contributed by atoms with Gasteiger partial charge in [0, 0.05) is 13.2 Å². The second kappa shape index (κ2) is 67.5. The Morgan fingerprint density at radius 2 is 0.427 bits per heavy atom. The first-order valence-electron chi connectivity index (χ1n) is 36.7. The number of benzene rings is 2. The van der Waals surface area contributed by atoms with Gasteiger partial charge in [-0.1, -0.05) is 102 Å². The first kappa shape index (κ1) is 105. The fourth-order valence-corrected chi connectivity index (χ4v) is 19.9. The van der Waals surface area contributed by atoms with Crippen molar-refractivity contribution in [2.24, 2.45) is 10.8 Å². The van der Waals surface area contributed by atoms with Gasteiger partial charge in [0.05, 0.1) is 225 Å². The first-order chi connectivity index (χ1) is 48.2. The van der Waals surface area contributed by atoms with Crippen molar-refractivity contribution in [3.05, 3.63) is 59.7 Å². The summed E-state index contributed by atoms with van der Waals surface area (Å²) in [6.45, 7) is 52.0. The van der Waals surface area contributed by atoms with Crippen molar-refractivity contribution in [3.63, 3.8) is 0 Å². The number of ether oxygens (including phenoxy) is 20. The Labute approximate surface area is 656 Å². The summed E-state index contributed by atoms with van der Waals surface area (Å²) in [5.74, 6) is 1.72. The molecule has 0 spiro atoms. The summed E-state index contributed by atoms with van der Waals surface area (Å²) in [7, 11) is 11.2. The van der Waals surface area contributed by atoms with Crippen LogP contribution in [0.3, 0.4) is 0 Å². The third-order valence-corrected chi connectivity index (χ3v) is 22.4. The molecule has 0 atom stereocenters. The standard InChI is InChI=1S/C74H138O21Si2.Al.BH4.3ClH.Li/c1-71(2,3)65-73(7,8)67-17-21-69(22-18-67)93-61-59-91-57-55-89-53-51-87-49-47-85-45-43-83-41-39-81-37-35-79-33-31-77-29-27-75-25-15-63-96(11,12)95-97(13,14)64-16-26-76-28-30-78-32-34-80-36-38-82-40-42-84-44-46-86-48-50-88-52-54-90-56-58-92-60-62-94-70-23-19-68(20-24-70)74(9,10)66-72(4,5)6;;;;;;/h17-24H,15-16,25-66H2,1-14H3;;1H4;3*1H;/q;+3;-1;;;;+1/p-3. The maximum Gasteiger partial charge on any atom is 1.00 e. The fourth-order valence-electron chi connectivity index (χ4n) is 11.1. The molecule has 0 aromatic heterocycles. The van der Waals surface area contributed by atoms with Crippen LogP contribution in [0.1, 0.15) is 106 Å². The summed E-state index contributed by atoms with van der Waals surface area (Å²) in [6.07, 6.45) is 4.20. The van der Waals surface area contributed by atoms with Crippen LogP contribution in [0.5, 0.6) is 11.5 Å². The Balaban J connectivity index is 0. The summed E-state index contributed by atoms with van der Waals surface area (Å²) in [4.78, 5) is 0. The van der Waals surface area contributed by atoms with Gasteiger partial charge in [0.25, 0.3) is 0 Å². The van der Waals surface area contributed by atoms with Gasteiger partial charge >= 0.3 is 30.2 Å². The Bertz CT molecular complexity index is 2010. The average molecular weight is 1580 g/mol. The molecule has 0 aliphatic heterocycles. The van der Waals surface area contributed by atoms with Gasteiger partial charge in [-0.2, -0.15) is 0 Å². The van der Waals surface area contributed by atoms with Crippen LogP contribution < -0.4 is 28.3 Å². The molecule has 600 valence electrons. The number of hydrogen-bond donors (Lipinski definition) is 0. The zero-order valence-electron chi connectivity index (χ0n) is 66.0. The van der Waals surface area contributed by atoms with Gasteiger partial charge in [0.2, 0.25) is 0 Å². The molecule has 2 aromatic rings. The molecule has 0 radical (unpaired) electrons. The van der Waals surface area contributed by atoms with Crippen LogP contribution in [0.4, 0.5) is 0 Å². The molecule has 0 heterocycles. The molecule has 0 amide bonds. The molecule has 0 aliphatic carbocycles. The summed E-state index contributed by atoms with van der Waals surface area (Å²) >= 11 is -1.72. The molecule has 103 heavy (non-hydrogen) atoms. The summed E-state index contributed by atoms with van der Waals surface area (Å²) < 4.78 is 120. The van der Waals surface area contributed by atoms with E-state index in [0.717, 1.165) is 49.3 Å². The molecule has 29 heteroatoms. The Hall–Kier alpha value is -0.221. The normalized spacial score (nSPS) is 12.3. The number of hydrogen-bond acceptors (Lipinski definition) is 21. The van der Waals surface area contributed by atoms with Gasteiger partial charge < -0.3 is 98.9 Å². The Morgan fingerprint density at radius 1 is 0.272 bits per heavy atom. The van der Waals surface area contributed by atoms with E-state index in [9.17, 15) is 0 Å². The number of rotatable bonds is 70. The average Bonchev–Trinajstić information content (AvgIpc) is 0.830. The van der Waals surface area contributed by atoms with E-state index < -0.39 is 28.0 Å². The summed E-state index contributed by atoms with van der Waals surface area (Å²) in [5.41, 5.74) is 3.43.